The van der Waals surface area contributed by atoms with Gasteiger partial charge in [0.25, 0.3) is 0 Å². The van der Waals surface area contributed by atoms with Crippen molar-refractivity contribution < 1.29 is 9.47 Å². The average Bonchev–Trinajstić information content (AvgIpc) is 2.61. The van der Waals surface area contributed by atoms with Crippen LogP contribution < -0.4 is 9.47 Å². The summed E-state index contributed by atoms with van der Waals surface area (Å²) in [7, 11) is 6.12. The van der Waals surface area contributed by atoms with Crippen molar-refractivity contribution in [1.82, 2.24) is 0 Å². The number of ether oxygens (including phenoxy) is 2. The zero-order valence-corrected chi connectivity index (χ0v) is 17.0. The van der Waals surface area contributed by atoms with Crippen LogP contribution in [0.15, 0.2) is 18.2 Å². The number of hydrogen-bond donors (Lipinski definition) is 0. The number of benzene rings is 1. The third-order valence-electron chi connectivity index (χ3n) is 7.68. The van der Waals surface area contributed by atoms with Gasteiger partial charge in [-0.15, -0.1) is 0 Å². The van der Waals surface area contributed by atoms with Gasteiger partial charge < -0.3 is 9.47 Å². The smallest absolute Gasteiger partial charge is 0.122 e. The van der Waals surface area contributed by atoms with E-state index in [1.807, 2.05) is 12.1 Å². The summed E-state index contributed by atoms with van der Waals surface area (Å²) in [5.74, 6) is 6.20. The first kappa shape index (κ1) is 18.7. The maximum Gasteiger partial charge on any atom is 0.122 e. The highest BCUT2D eigenvalue weighted by Gasteiger charge is 2.56. The van der Waals surface area contributed by atoms with E-state index in [-0.39, 0.29) is 0 Å². The van der Waals surface area contributed by atoms with Crippen LogP contribution >= 0.6 is 0 Å². The van der Waals surface area contributed by atoms with E-state index in [0.717, 1.165) is 35.1 Å². The maximum absolute atomic E-state index is 5.61. The van der Waals surface area contributed by atoms with Crippen LogP contribution in [0.3, 0.4) is 0 Å². The molecule has 3 aliphatic rings. The van der Waals surface area contributed by atoms with Gasteiger partial charge in [0.15, 0.2) is 0 Å². The van der Waals surface area contributed by atoms with Crippen molar-refractivity contribution in [3.63, 3.8) is 0 Å². The first-order chi connectivity index (χ1) is 11.8. The molecule has 0 amide bonds. The van der Waals surface area contributed by atoms with Crippen molar-refractivity contribution >= 4 is 7.28 Å². The summed E-state index contributed by atoms with van der Waals surface area (Å²) in [6.07, 6.45) is 2.82. The lowest BCUT2D eigenvalue weighted by Crippen LogP contribution is -2.54. The molecule has 137 valence electrons. The number of fused-ring (bicyclic) bond motifs is 2. The van der Waals surface area contributed by atoms with Gasteiger partial charge in [-0.05, 0) is 53.7 Å². The predicted octanol–water partition coefficient (Wildman–Crippen LogP) is 5.81. The third-order valence-corrected chi connectivity index (χ3v) is 7.68. The second kappa shape index (κ2) is 6.89. The summed E-state index contributed by atoms with van der Waals surface area (Å²) < 4.78 is 11.0. The molecule has 2 nitrogen and oxygen atoms in total. The average molecular weight is 341 g/mol. The van der Waals surface area contributed by atoms with E-state index >= 15 is 0 Å². The summed E-state index contributed by atoms with van der Waals surface area (Å²) in [6.45, 7) is 12.1. The maximum atomic E-state index is 5.61. The second-order valence-electron chi connectivity index (χ2n) is 9.07. The SMILES string of the molecule is COc1ccc(OC)c([C@H](C)[C@H](C)[B][C@H]2C[C@H]3C[C@@H]([C@@H]2C)C3(C)C)c1. The van der Waals surface area contributed by atoms with Gasteiger partial charge in [-0.3, -0.25) is 0 Å². The van der Waals surface area contributed by atoms with E-state index in [4.69, 9.17) is 9.47 Å². The van der Waals surface area contributed by atoms with Crippen LogP contribution in [0.2, 0.25) is 11.6 Å². The molecule has 25 heavy (non-hydrogen) atoms. The van der Waals surface area contributed by atoms with Crippen molar-refractivity contribution in [3.8, 4) is 11.5 Å². The van der Waals surface area contributed by atoms with Gasteiger partial charge in [0, 0.05) is 5.56 Å². The minimum atomic E-state index is 0.420. The molecular formula is C22H34BO2. The molecule has 0 saturated heterocycles. The summed E-state index contributed by atoms with van der Waals surface area (Å²) in [5.41, 5.74) is 1.81. The Kier molecular flexibility index (Phi) is 5.15. The predicted molar refractivity (Wildman–Crippen MR) is 106 cm³/mol. The largest absolute Gasteiger partial charge is 0.497 e. The van der Waals surface area contributed by atoms with Crippen LogP contribution in [-0.4, -0.2) is 21.5 Å². The molecule has 0 heterocycles. The molecule has 1 aromatic rings. The standard InChI is InChI=1S/C22H34BO2/c1-13(18-12-17(24-6)8-9-21(18)25-7)15(3)23-20-11-16-10-19(14(20)2)22(16,4)5/h8-9,12-16,19-20H,10-11H2,1-7H3/t13-,14+,15+,16-,19+,20+/m1/s1. The lowest BCUT2D eigenvalue weighted by atomic mass is 9.35. The van der Waals surface area contributed by atoms with Gasteiger partial charge in [-0.1, -0.05) is 52.7 Å². The molecule has 3 fully saturated rings. The third kappa shape index (κ3) is 3.20. The fraction of sp³-hybridized carbons (Fsp3) is 0.727. The van der Waals surface area contributed by atoms with Gasteiger partial charge in [0.05, 0.1) is 14.2 Å². The summed E-state index contributed by atoms with van der Waals surface area (Å²) in [4.78, 5) is 0. The number of hydrogen-bond acceptors (Lipinski definition) is 2. The van der Waals surface area contributed by atoms with E-state index in [2.05, 4.69) is 48.0 Å². The van der Waals surface area contributed by atoms with Crippen molar-refractivity contribution in [2.24, 2.45) is 23.2 Å². The molecule has 6 atom stereocenters. The Morgan fingerprint density at radius 3 is 2.40 bits per heavy atom. The minimum Gasteiger partial charge on any atom is -0.497 e. The molecular weight excluding hydrogens is 307 g/mol. The zero-order chi connectivity index (χ0) is 18.4. The molecule has 1 aromatic carbocycles. The highest BCUT2D eigenvalue weighted by Crippen LogP contribution is 2.64. The molecule has 3 heteroatoms. The Morgan fingerprint density at radius 1 is 1.12 bits per heavy atom. The van der Waals surface area contributed by atoms with E-state index in [9.17, 15) is 0 Å². The number of methoxy groups -OCH3 is 2. The molecule has 3 aliphatic carbocycles. The molecule has 0 aliphatic heterocycles. The van der Waals surface area contributed by atoms with Crippen LogP contribution in [-0.2, 0) is 0 Å². The number of rotatable bonds is 6. The molecule has 0 N–H and O–H groups in total. The Balaban J connectivity index is 1.71. The van der Waals surface area contributed by atoms with Crippen LogP contribution in [0.25, 0.3) is 0 Å². The fourth-order valence-corrected chi connectivity index (χ4v) is 5.48. The van der Waals surface area contributed by atoms with Crippen molar-refractivity contribution in [1.29, 1.82) is 0 Å². The highest BCUT2D eigenvalue weighted by atomic mass is 16.5. The Bertz CT molecular complexity index is 612. The van der Waals surface area contributed by atoms with Gasteiger partial charge in [-0.2, -0.15) is 0 Å². The molecule has 0 spiro atoms. The molecule has 0 unspecified atom stereocenters. The lowest BCUT2D eigenvalue weighted by molar-refractivity contribution is -0.0987. The molecule has 0 aromatic heterocycles. The molecule has 4 rings (SSSR count). The normalized spacial score (nSPS) is 32.3. The van der Waals surface area contributed by atoms with Gasteiger partial charge in [0.2, 0.25) is 0 Å². The van der Waals surface area contributed by atoms with Gasteiger partial charge in [0.1, 0.15) is 18.8 Å². The van der Waals surface area contributed by atoms with E-state index in [0.29, 0.717) is 17.2 Å². The van der Waals surface area contributed by atoms with E-state index in [1.165, 1.54) is 18.4 Å². The summed E-state index contributed by atoms with van der Waals surface area (Å²) >= 11 is 0. The summed E-state index contributed by atoms with van der Waals surface area (Å²) in [6, 6.07) is 6.14. The second-order valence-corrected chi connectivity index (χ2v) is 9.07. The molecule has 3 saturated carbocycles. The minimum absolute atomic E-state index is 0.420. The van der Waals surface area contributed by atoms with Crippen LogP contribution in [0.4, 0.5) is 0 Å². The lowest BCUT2D eigenvalue weighted by Gasteiger charge is -2.62. The monoisotopic (exact) mass is 341 g/mol. The van der Waals surface area contributed by atoms with Crippen LogP contribution in [0.1, 0.15) is 58.9 Å². The fourth-order valence-electron chi connectivity index (χ4n) is 5.48. The first-order valence-corrected chi connectivity index (χ1v) is 9.86. The quantitative estimate of drug-likeness (QED) is 0.608. The van der Waals surface area contributed by atoms with Gasteiger partial charge in [-0.25, -0.2) is 0 Å². The van der Waals surface area contributed by atoms with Gasteiger partial charge >= 0.3 is 0 Å². The van der Waals surface area contributed by atoms with Crippen LogP contribution in [0.5, 0.6) is 11.5 Å². The van der Waals surface area contributed by atoms with Crippen molar-refractivity contribution in [3.05, 3.63) is 23.8 Å². The molecule has 2 bridgehead atoms. The zero-order valence-electron chi connectivity index (χ0n) is 17.0. The Labute approximate surface area is 154 Å². The van der Waals surface area contributed by atoms with E-state index < -0.39 is 0 Å². The first-order valence-electron chi connectivity index (χ1n) is 9.86. The van der Waals surface area contributed by atoms with Crippen LogP contribution in [0, 0.1) is 23.2 Å². The molecule has 1 radical (unpaired) electrons. The van der Waals surface area contributed by atoms with Crippen molar-refractivity contribution in [2.45, 2.75) is 65.0 Å². The Hall–Kier alpha value is -1.12. The van der Waals surface area contributed by atoms with E-state index in [1.54, 1.807) is 14.2 Å². The Morgan fingerprint density at radius 2 is 1.84 bits per heavy atom. The highest BCUT2D eigenvalue weighted by molar-refractivity contribution is 6.40. The summed E-state index contributed by atoms with van der Waals surface area (Å²) in [5, 5.41) is 0. The van der Waals surface area contributed by atoms with Crippen molar-refractivity contribution in [2.75, 3.05) is 14.2 Å². The topological polar surface area (TPSA) is 18.5 Å².